The third-order valence-electron chi connectivity index (χ3n) is 3.58. The van der Waals surface area contributed by atoms with Crippen molar-refractivity contribution in [2.45, 2.75) is 18.9 Å². The first-order valence-electron chi connectivity index (χ1n) is 6.79. The lowest BCUT2D eigenvalue weighted by atomic mass is 10.1. The molecule has 1 aliphatic rings. The summed E-state index contributed by atoms with van der Waals surface area (Å²) in [5, 5.41) is 6.90. The molecule has 2 aromatic rings. The maximum atomic E-state index is 13.2. The largest absolute Gasteiger partial charge is 0.349 e. The van der Waals surface area contributed by atoms with Gasteiger partial charge in [0.2, 0.25) is 0 Å². The van der Waals surface area contributed by atoms with Crippen molar-refractivity contribution in [2.24, 2.45) is 0 Å². The highest BCUT2D eigenvalue weighted by Gasteiger charge is 2.16. The summed E-state index contributed by atoms with van der Waals surface area (Å²) in [5.41, 5.74) is 1.16. The number of halogens is 1. The predicted molar refractivity (Wildman–Crippen MR) is 75.1 cm³/mol. The number of hydrogen-bond acceptors (Lipinski definition) is 3. The van der Waals surface area contributed by atoms with E-state index in [1.165, 1.54) is 18.3 Å². The number of rotatable bonds is 2. The van der Waals surface area contributed by atoms with E-state index < -0.39 is 0 Å². The third-order valence-corrected chi connectivity index (χ3v) is 3.58. The molecule has 2 heterocycles. The Morgan fingerprint density at radius 3 is 2.90 bits per heavy atom. The summed E-state index contributed by atoms with van der Waals surface area (Å²) in [7, 11) is 0. The minimum atomic E-state index is -0.324. The first-order chi connectivity index (χ1) is 9.72. The molecule has 1 aromatic carbocycles. The second-order valence-corrected chi connectivity index (χ2v) is 5.06. The van der Waals surface area contributed by atoms with Crippen molar-refractivity contribution in [3.63, 3.8) is 0 Å². The first kappa shape index (κ1) is 13.0. The molecular formula is C15H16FN3O. The number of pyridine rings is 1. The molecule has 104 valence electrons. The van der Waals surface area contributed by atoms with Crippen molar-refractivity contribution in [1.29, 1.82) is 0 Å². The smallest absolute Gasteiger partial charge is 0.253 e. The molecule has 0 bridgehead atoms. The zero-order chi connectivity index (χ0) is 13.9. The lowest BCUT2D eigenvalue weighted by molar-refractivity contribution is 0.0929. The van der Waals surface area contributed by atoms with Crippen LogP contribution in [0.4, 0.5) is 4.39 Å². The number of benzene rings is 1. The molecule has 1 amide bonds. The number of nitrogens with one attached hydrogen (secondary N) is 2. The van der Waals surface area contributed by atoms with Gasteiger partial charge in [-0.25, -0.2) is 4.39 Å². The molecule has 1 aromatic heterocycles. The number of piperidine rings is 1. The Labute approximate surface area is 116 Å². The monoisotopic (exact) mass is 273 g/mol. The second kappa shape index (κ2) is 5.54. The van der Waals surface area contributed by atoms with Crippen LogP contribution in [0.5, 0.6) is 0 Å². The van der Waals surface area contributed by atoms with E-state index in [0.29, 0.717) is 16.5 Å². The summed E-state index contributed by atoms with van der Waals surface area (Å²) >= 11 is 0. The van der Waals surface area contributed by atoms with E-state index in [9.17, 15) is 9.18 Å². The van der Waals surface area contributed by atoms with Gasteiger partial charge in [-0.05, 0) is 50.2 Å². The molecule has 1 aliphatic heterocycles. The topological polar surface area (TPSA) is 54.0 Å². The van der Waals surface area contributed by atoms with Crippen molar-refractivity contribution >= 4 is 16.8 Å². The number of amides is 1. The van der Waals surface area contributed by atoms with Gasteiger partial charge in [-0.2, -0.15) is 0 Å². The standard InChI is InChI=1S/C15H16FN3O/c16-12-1-2-14-10(8-12)7-11(9-18-14)15(20)19-13-3-5-17-6-4-13/h1-2,7-9,13,17H,3-6H2,(H,19,20). The van der Waals surface area contributed by atoms with Gasteiger partial charge in [-0.15, -0.1) is 0 Å². The van der Waals surface area contributed by atoms with Crippen LogP contribution in [-0.2, 0) is 0 Å². The lowest BCUT2D eigenvalue weighted by Crippen LogP contribution is -2.42. The van der Waals surface area contributed by atoms with Gasteiger partial charge in [0.1, 0.15) is 5.82 Å². The van der Waals surface area contributed by atoms with Crippen molar-refractivity contribution in [3.8, 4) is 0 Å². The minimum absolute atomic E-state index is 0.143. The van der Waals surface area contributed by atoms with E-state index in [1.807, 2.05) is 0 Å². The fraction of sp³-hybridized carbons (Fsp3) is 0.333. The maximum Gasteiger partial charge on any atom is 0.253 e. The van der Waals surface area contributed by atoms with Crippen LogP contribution >= 0.6 is 0 Å². The van der Waals surface area contributed by atoms with E-state index in [4.69, 9.17) is 0 Å². The molecule has 0 atom stereocenters. The highest BCUT2D eigenvalue weighted by atomic mass is 19.1. The molecule has 20 heavy (non-hydrogen) atoms. The molecule has 1 saturated heterocycles. The van der Waals surface area contributed by atoms with Crippen LogP contribution in [0.3, 0.4) is 0 Å². The number of hydrogen-bond donors (Lipinski definition) is 2. The van der Waals surface area contributed by atoms with E-state index in [0.717, 1.165) is 25.9 Å². The quantitative estimate of drug-likeness (QED) is 0.878. The van der Waals surface area contributed by atoms with Crippen molar-refractivity contribution in [2.75, 3.05) is 13.1 Å². The maximum absolute atomic E-state index is 13.2. The Hall–Kier alpha value is -2.01. The van der Waals surface area contributed by atoms with Gasteiger partial charge in [0.15, 0.2) is 0 Å². The van der Waals surface area contributed by atoms with Crippen LogP contribution in [0.15, 0.2) is 30.5 Å². The van der Waals surface area contributed by atoms with Crippen LogP contribution in [0.1, 0.15) is 23.2 Å². The summed E-state index contributed by atoms with van der Waals surface area (Å²) < 4.78 is 13.2. The molecule has 0 aliphatic carbocycles. The molecule has 0 unspecified atom stereocenters. The molecule has 5 heteroatoms. The Bertz CT molecular complexity index is 638. The van der Waals surface area contributed by atoms with Gasteiger partial charge in [0.25, 0.3) is 5.91 Å². The van der Waals surface area contributed by atoms with Crippen LogP contribution in [0.25, 0.3) is 10.9 Å². The first-order valence-corrected chi connectivity index (χ1v) is 6.79. The van der Waals surface area contributed by atoms with Crippen molar-refractivity contribution < 1.29 is 9.18 Å². The summed E-state index contributed by atoms with van der Waals surface area (Å²) in [5.74, 6) is -0.467. The number of nitrogens with zero attached hydrogens (tertiary/aromatic N) is 1. The molecule has 3 rings (SSSR count). The average molecular weight is 273 g/mol. The lowest BCUT2D eigenvalue weighted by Gasteiger charge is -2.23. The fourth-order valence-corrected chi connectivity index (χ4v) is 2.46. The number of aromatic nitrogens is 1. The van der Waals surface area contributed by atoms with Crippen molar-refractivity contribution in [1.82, 2.24) is 15.6 Å². The van der Waals surface area contributed by atoms with Gasteiger partial charge in [0, 0.05) is 17.6 Å². The summed E-state index contributed by atoms with van der Waals surface area (Å²) in [6.45, 7) is 1.85. The van der Waals surface area contributed by atoms with Crippen LogP contribution < -0.4 is 10.6 Å². The Morgan fingerprint density at radius 1 is 1.30 bits per heavy atom. The van der Waals surface area contributed by atoms with Gasteiger partial charge in [-0.1, -0.05) is 0 Å². The van der Waals surface area contributed by atoms with E-state index in [1.54, 1.807) is 12.1 Å². The molecule has 2 N–H and O–H groups in total. The summed E-state index contributed by atoms with van der Waals surface area (Å²) in [6.07, 6.45) is 3.40. The van der Waals surface area contributed by atoms with Crippen LogP contribution in [0.2, 0.25) is 0 Å². The van der Waals surface area contributed by atoms with Crippen molar-refractivity contribution in [3.05, 3.63) is 41.8 Å². The zero-order valence-corrected chi connectivity index (χ0v) is 11.0. The van der Waals surface area contributed by atoms with Gasteiger partial charge in [0.05, 0.1) is 11.1 Å². The van der Waals surface area contributed by atoms with Crippen LogP contribution in [-0.4, -0.2) is 30.0 Å². The fourth-order valence-electron chi connectivity index (χ4n) is 2.46. The summed E-state index contributed by atoms with van der Waals surface area (Å²) in [6, 6.07) is 6.25. The molecule has 4 nitrogen and oxygen atoms in total. The Morgan fingerprint density at radius 2 is 2.10 bits per heavy atom. The SMILES string of the molecule is O=C(NC1CCNCC1)c1cnc2ccc(F)cc2c1. The average Bonchev–Trinajstić information content (AvgIpc) is 2.47. The Kier molecular flexibility index (Phi) is 3.60. The van der Waals surface area contributed by atoms with E-state index in [-0.39, 0.29) is 17.8 Å². The van der Waals surface area contributed by atoms with Gasteiger partial charge >= 0.3 is 0 Å². The van der Waals surface area contributed by atoms with Crippen LogP contribution in [0, 0.1) is 5.82 Å². The van der Waals surface area contributed by atoms with E-state index >= 15 is 0 Å². The van der Waals surface area contributed by atoms with Gasteiger partial charge < -0.3 is 10.6 Å². The number of carbonyl (C=O) groups excluding carboxylic acids is 1. The molecule has 0 spiro atoms. The highest BCUT2D eigenvalue weighted by Crippen LogP contribution is 2.15. The Balaban J connectivity index is 1.80. The van der Waals surface area contributed by atoms with E-state index in [2.05, 4.69) is 15.6 Å². The molecule has 1 fully saturated rings. The second-order valence-electron chi connectivity index (χ2n) is 5.06. The highest BCUT2D eigenvalue weighted by molar-refractivity contribution is 5.97. The number of carbonyl (C=O) groups is 1. The number of fused-ring (bicyclic) bond motifs is 1. The molecule has 0 saturated carbocycles. The summed E-state index contributed by atoms with van der Waals surface area (Å²) in [4.78, 5) is 16.4. The van der Waals surface area contributed by atoms with Gasteiger partial charge in [-0.3, -0.25) is 9.78 Å². The predicted octanol–water partition coefficient (Wildman–Crippen LogP) is 1.86. The normalized spacial score (nSPS) is 16.2. The molecule has 0 radical (unpaired) electrons. The zero-order valence-electron chi connectivity index (χ0n) is 11.0. The minimum Gasteiger partial charge on any atom is -0.349 e. The molecular weight excluding hydrogens is 257 g/mol. The third kappa shape index (κ3) is 2.77.